The van der Waals surface area contributed by atoms with Gasteiger partial charge in [0.2, 0.25) is 0 Å². The average Bonchev–Trinajstić information content (AvgIpc) is 2.35. The second-order valence-electron chi connectivity index (χ2n) is 5.05. The molecule has 0 bridgehead atoms. The fraction of sp³-hybridized carbons (Fsp3) is 0.571. The highest BCUT2D eigenvalue weighted by Crippen LogP contribution is 2.34. The van der Waals surface area contributed by atoms with Crippen LogP contribution in [0.3, 0.4) is 0 Å². The van der Waals surface area contributed by atoms with Crippen molar-refractivity contribution in [2.24, 2.45) is 5.92 Å². The van der Waals surface area contributed by atoms with Crippen LogP contribution in [0.15, 0.2) is 18.2 Å². The summed E-state index contributed by atoms with van der Waals surface area (Å²) in [6.07, 6.45) is 2.29. The minimum absolute atomic E-state index is 0.265. The minimum atomic E-state index is -0.672. The van der Waals surface area contributed by atoms with Gasteiger partial charge in [-0.2, -0.15) is 0 Å². The molecular weight excluding hydrogens is 269 g/mol. The molecular formula is C14H19Cl2NO. The zero-order valence-electron chi connectivity index (χ0n) is 10.5. The van der Waals surface area contributed by atoms with Gasteiger partial charge in [-0.3, -0.25) is 0 Å². The van der Waals surface area contributed by atoms with Crippen molar-refractivity contribution in [3.05, 3.63) is 33.8 Å². The molecule has 2 unspecified atom stereocenters. The highest BCUT2D eigenvalue weighted by Gasteiger charge is 2.38. The van der Waals surface area contributed by atoms with Crippen LogP contribution in [0.2, 0.25) is 10.0 Å². The first-order valence-corrected chi connectivity index (χ1v) is 7.18. The molecule has 0 saturated carbocycles. The van der Waals surface area contributed by atoms with E-state index in [4.69, 9.17) is 23.2 Å². The van der Waals surface area contributed by atoms with Crippen LogP contribution in [0, 0.1) is 5.92 Å². The maximum atomic E-state index is 10.9. The van der Waals surface area contributed by atoms with Crippen molar-refractivity contribution in [3.8, 4) is 0 Å². The first-order valence-electron chi connectivity index (χ1n) is 6.43. The third kappa shape index (κ3) is 2.83. The van der Waals surface area contributed by atoms with Crippen molar-refractivity contribution in [2.75, 3.05) is 13.1 Å². The fourth-order valence-corrected chi connectivity index (χ4v) is 3.13. The summed E-state index contributed by atoms with van der Waals surface area (Å²) in [5.41, 5.74) is 0.265. The molecule has 0 radical (unpaired) electrons. The summed E-state index contributed by atoms with van der Waals surface area (Å²) < 4.78 is 0. The summed E-state index contributed by atoms with van der Waals surface area (Å²) in [7, 11) is 0. The Morgan fingerprint density at radius 1 is 1.44 bits per heavy atom. The lowest BCUT2D eigenvalue weighted by Crippen LogP contribution is -2.51. The largest absolute Gasteiger partial charge is 0.389 e. The van der Waals surface area contributed by atoms with Crippen molar-refractivity contribution in [2.45, 2.75) is 31.8 Å². The number of piperidine rings is 1. The number of nitrogens with one attached hydrogen (secondary N) is 1. The molecule has 1 aliphatic rings. The minimum Gasteiger partial charge on any atom is -0.389 e. The van der Waals surface area contributed by atoms with Gasteiger partial charge in [0.15, 0.2) is 0 Å². The van der Waals surface area contributed by atoms with Crippen molar-refractivity contribution in [1.29, 1.82) is 0 Å². The Bertz CT molecular complexity index is 424. The van der Waals surface area contributed by atoms with E-state index in [1.54, 1.807) is 6.07 Å². The predicted octanol–water partition coefficient (Wildman–Crippen LogP) is 3.29. The lowest BCUT2D eigenvalue weighted by molar-refractivity contribution is -0.0413. The summed E-state index contributed by atoms with van der Waals surface area (Å²) in [5, 5.41) is 15.3. The Labute approximate surface area is 118 Å². The molecule has 100 valence electrons. The van der Waals surface area contributed by atoms with E-state index < -0.39 is 5.60 Å². The second kappa shape index (κ2) is 5.79. The molecule has 0 aliphatic carbocycles. The zero-order valence-corrected chi connectivity index (χ0v) is 12.1. The standard InChI is InChI=1S/C14H19Cl2NO/c1-2-11-9-17-7-6-14(11,18)8-10-4-3-5-12(15)13(10)16/h3-5,11,17-18H,2,6-9H2,1H3. The van der Waals surface area contributed by atoms with Crippen molar-refractivity contribution < 1.29 is 5.11 Å². The topological polar surface area (TPSA) is 32.3 Å². The maximum Gasteiger partial charge on any atom is 0.0740 e. The number of aliphatic hydroxyl groups is 1. The number of halogens is 2. The average molecular weight is 288 g/mol. The quantitative estimate of drug-likeness (QED) is 0.894. The van der Waals surface area contributed by atoms with Crippen LogP contribution in [0.25, 0.3) is 0 Å². The number of rotatable bonds is 3. The van der Waals surface area contributed by atoms with Crippen LogP contribution < -0.4 is 5.32 Å². The Kier molecular flexibility index (Phi) is 4.54. The molecule has 1 heterocycles. The molecule has 1 aliphatic heterocycles. The third-order valence-electron chi connectivity index (χ3n) is 3.91. The van der Waals surface area contributed by atoms with E-state index in [9.17, 15) is 5.11 Å². The van der Waals surface area contributed by atoms with Gasteiger partial charge in [-0.1, -0.05) is 42.3 Å². The SMILES string of the molecule is CCC1CNCCC1(O)Cc1cccc(Cl)c1Cl. The van der Waals surface area contributed by atoms with E-state index in [1.807, 2.05) is 12.1 Å². The van der Waals surface area contributed by atoms with Crippen LogP contribution in [-0.2, 0) is 6.42 Å². The van der Waals surface area contributed by atoms with E-state index >= 15 is 0 Å². The highest BCUT2D eigenvalue weighted by atomic mass is 35.5. The van der Waals surface area contributed by atoms with Crippen LogP contribution in [0.5, 0.6) is 0 Å². The van der Waals surface area contributed by atoms with E-state index in [1.165, 1.54) is 0 Å². The van der Waals surface area contributed by atoms with Crippen LogP contribution in [0.4, 0.5) is 0 Å². The summed E-state index contributed by atoms with van der Waals surface area (Å²) in [6.45, 7) is 3.83. The van der Waals surface area contributed by atoms with E-state index in [0.29, 0.717) is 16.5 Å². The molecule has 2 nitrogen and oxygen atoms in total. The van der Waals surface area contributed by atoms with Gasteiger partial charge >= 0.3 is 0 Å². The molecule has 4 heteroatoms. The van der Waals surface area contributed by atoms with Crippen molar-refractivity contribution in [1.82, 2.24) is 5.32 Å². The summed E-state index contributed by atoms with van der Waals surface area (Å²) in [4.78, 5) is 0. The second-order valence-corrected chi connectivity index (χ2v) is 5.84. The van der Waals surface area contributed by atoms with Crippen LogP contribution in [0.1, 0.15) is 25.3 Å². The molecule has 2 rings (SSSR count). The molecule has 0 spiro atoms. The third-order valence-corrected chi connectivity index (χ3v) is 4.76. The van der Waals surface area contributed by atoms with Crippen molar-refractivity contribution in [3.63, 3.8) is 0 Å². The van der Waals surface area contributed by atoms with Gasteiger partial charge in [0.25, 0.3) is 0 Å². The molecule has 18 heavy (non-hydrogen) atoms. The Balaban J connectivity index is 2.23. The number of hydrogen-bond donors (Lipinski definition) is 2. The van der Waals surface area contributed by atoms with Gasteiger partial charge in [-0.25, -0.2) is 0 Å². The lowest BCUT2D eigenvalue weighted by atomic mass is 9.76. The Morgan fingerprint density at radius 2 is 2.22 bits per heavy atom. The molecule has 2 atom stereocenters. The van der Waals surface area contributed by atoms with Crippen LogP contribution >= 0.6 is 23.2 Å². The zero-order chi connectivity index (χ0) is 13.2. The smallest absolute Gasteiger partial charge is 0.0740 e. The van der Waals surface area contributed by atoms with Gasteiger partial charge < -0.3 is 10.4 Å². The normalized spacial score (nSPS) is 28.3. The van der Waals surface area contributed by atoms with Crippen LogP contribution in [-0.4, -0.2) is 23.8 Å². The Hall–Kier alpha value is -0.280. The molecule has 0 aromatic heterocycles. The molecule has 1 saturated heterocycles. The predicted molar refractivity (Wildman–Crippen MR) is 76.4 cm³/mol. The molecule has 1 fully saturated rings. The van der Waals surface area contributed by atoms with Crippen molar-refractivity contribution >= 4 is 23.2 Å². The summed E-state index contributed by atoms with van der Waals surface area (Å²) in [6, 6.07) is 5.60. The van der Waals surface area contributed by atoms with E-state index in [-0.39, 0.29) is 5.92 Å². The number of hydrogen-bond acceptors (Lipinski definition) is 2. The summed E-state index contributed by atoms with van der Waals surface area (Å²) >= 11 is 12.2. The van der Waals surface area contributed by atoms with Gasteiger partial charge in [-0.15, -0.1) is 0 Å². The Morgan fingerprint density at radius 3 is 2.94 bits per heavy atom. The lowest BCUT2D eigenvalue weighted by Gasteiger charge is -2.40. The molecule has 2 N–H and O–H groups in total. The van der Waals surface area contributed by atoms with Gasteiger partial charge in [0.05, 0.1) is 15.6 Å². The van der Waals surface area contributed by atoms with Gasteiger partial charge in [-0.05, 0) is 31.0 Å². The fourth-order valence-electron chi connectivity index (χ4n) is 2.75. The first-order chi connectivity index (χ1) is 8.57. The highest BCUT2D eigenvalue weighted by molar-refractivity contribution is 6.42. The molecule has 1 aromatic rings. The van der Waals surface area contributed by atoms with Gasteiger partial charge in [0.1, 0.15) is 0 Å². The number of benzene rings is 1. The monoisotopic (exact) mass is 287 g/mol. The van der Waals surface area contributed by atoms with Gasteiger partial charge in [0, 0.05) is 18.9 Å². The maximum absolute atomic E-state index is 10.9. The first kappa shape index (κ1) is 14.1. The molecule has 0 amide bonds. The van der Waals surface area contributed by atoms with E-state index in [0.717, 1.165) is 31.5 Å². The molecule has 1 aromatic carbocycles. The van der Waals surface area contributed by atoms with E-state index in [2.05, 4.69) is 12.2 Å². The summed E-state index contributed by atoms with van der Waals surface area (Å²) in [5.74, 6) is 0.265.